The maximum Gasteiger partial charge on any atom is 0.481 e. The van der Waals surface area contributed by atoms with Gasteiger partial charge in [0.15, 0.2) is 0 Å². The Labute approximate surface area is 158 Å². The van der Waals surface area contributed by atoms with Gasteiger partial charge in [-0.1, -0.05) is 64.7 Å². The SMILES string of the molecule is CCCCCCCCCCCCN(C)CCCOP(=O)(O)OP(=O)(O)O. The Kier molecular flexibility index (Phi) is 15.3. The van der Waals surface area contributed by atoms with Gasteiger partial charge in [0, 0.05) is 6.54 Å². The van der Waals surface area contributed by atoms with Crippen molar-refractivity contribution in [3.63, 3.8) is 0 Å². The first-order valence-corrected chi connectivity index (χ1v) is 12.6. The standard InChI is InChI=1S/C16H37NO7P2/c1-3-4-5-6-7-8-9-10-11-12-14-17(2)15-13-16-23-26(21,22)24-25(18,19)20/h3-16H2,1-2H3,(H,21,22)(H2,18,19,20). The molecule has 0 bridgehead atoms. The van der Waals surface area contributed by atoms with Crippen LogP contribution in [0, 0.1) is 0 Å². The Morgan fingerprint density at radius 1 is 0.769 bits per heavy atom. The first-order valence-electron chi connectivity index (χ1n) is 9.59. The van der Waals surface area contributed by atoms with Crippen LogP contribution in [0.15, 0.2) is 0 Å². The highest BCUT2D eigenvalue weighted by atomic mass is 31.3. The van der Waals surface area contributed by atoms with Crippen LogP contribution >= 0.6 is 15.6 Å². The summed E-state index contributed by atoms with van der Waals surface area (Å²) in [4.78, 5) is 28.2. The first kappa shape index (κ1) is 26.2. The van der Waals surface area contributed by atoms with Crippen LogP contribution in [0.1, 0.15) is 77.6 Å². The van der Waals surface area contributed by atoms with E-state index >= 15 is 0 Å². The first-order chi connectivity index (χ1) is 12.2. The van der Waals surface area contributed by atoms with Crippen LogP contribution in [0.25, 0.3) is 0 Å². The number of rotatable bonds is 18. The molecule has 0 aromatic rings. The van der Waals surface area contributed by atoms with Crippen molar-refractivity contribution in [2.24, 2.45) is 0 Å². The Morgan fingerprint density at radius 3 is 1.73 bits per heavy atom. The molecule has 0 amide bonds. The minimum atomic E-state index is -5.04. The molecule has 158 valence electrons. The van der Waals surface area contributed by atoms with Gasteiger partial charge in [0.2, 0.25) is 0 Å². The lowest BCUT2D eigenvalue weighted by molar-refractivity contribution is 0.170. The van der Waals surface area contributed by atoms with Crippen molar-refractivity contribution in [1.29, 1.82) is 0 Å². The van der Waals surface area contributed by atoms with Gasteiger partial charge in [-0.05, 0) is 26.4 Å². The molecule has 0 heterocycles. The summed E-state index contributed by atoms with van der Waals surface area (Å²) in [6.45, 7) is 3.76. The van der Waals surface area contributed by atoms with E-state index in [2.05, 4.69) is 20.7 Å². The molecule has 8 nitrogen and oxygen atoms in total. The number of phosphoric ester groups is 1. The monoisotopic (exact) mass is 417 g/mol. The highest BCUT2D eigenvalue weighted by Crippen LogP contribution is 2.57. The third-order valence-electron chi connectivity index (χ3n) is 4.04. The fourth-order valence-corrected chi connectivity index (χ4v) is 4.28. The Hall–Kier alpha value is 0.220. The second-order valence-corrected chi connectivity index (χ2v) is 9.54. The smallest absolute Gasteiger partial charge is 0.306 e. The zero-order valence-electron chi connectivity index (χ0n) is 16.2. The van der Waals surface area contributed by atoms with E-state index in [-0.39, 0.29) is 6.61 Å². The molecular weight excluding hydrogens is 380 g/mol. The minimum absolute atomic E-state index is 0.101. The van der Waals surface area contributed by atoms with Gasteiger partial charge >= 0.3 is 15.6 Å². The van der Waals surface area contributed by atoms with E-state index < -0.39 is 15.6 Å². The van der Waals surface area contributed by atoms with Gasteiger partial charge in [0.1, 0.15) is 0 Å². The molecule has 0 aromatic heterocycles. The molecule has 0 aromatic carbocycles. The predicted octanol–water partition coefficient (Wildman–Crippen LogP) is 4.46. The Bertz CT molecular complexity index is 431. The minimum Gasteiger partial charge on any atom is -0.306 e. The molecular formula is C16H37NO7P2. The molecule has 3 N–H and O–H groups in total. The molecule has 0 saturated carbocycles. The van der Waals surface area contributed by atoms with E-state index in [4.69, 9.17) is 14.7 Å². The van der Waals surface area contributed by atoms with Crippen molar-refractivity contribution in [1.82, 2.24) is 4.90 Å². The van der Waals surface area contributed by atoms with Crippen LogP contribution in [-0.2, 0) is 18.0 Å². The molecule has 10 heteroatoms. The van der Waals surface area contributed by atoms with Crippen molar-refractivity contribution in [2.45, 2.75) is 77.6 Å². The Balaban J connectivity index is 3.48. The summed E-state index contributed by atoms with van der Waals surface area (Å²) in [6, 6.07) is 0. The van der Waals surface area contributed by atoms with E-state index in [0.717, 1.165) is 13.0 Å². The van der Waals surface area contributed by atoms with Gasteiger partial charge in [-0.3, -0.25) is 4.52 Å². The second-order valence-electron chi connectivity index (χ2n) is 6.71. The molecule has 0 aliphatic heterocycles. The molecule has 0 radical (unpaired) electrons. The zero-order valence-corrected chi connectivity index (χ0v) is 18.0. The van der Waals surface area contributed by atoms with Gasteiger partial charge in [0.25, 0.3) is 0 Å². The van der Waals surface area contributed by atoms with Crippen molar-refractivity contribution >= 4 is 15.6 Å². The van der Waals surface area contributed by atoms with Crippen molar-refractivity contribution in [2.75, 3.05) is 26.7 Å². The largest absolute Gasteiger partial charge is 0.481 e. The van der Waals surface area contributed by atoms with Crippen LogP contribution in [0.2, 0.25) is 0 Å². The van der Waals surface area contributed by atoms with Crippen molar-refractivity contribution in [3.05, 3.63) is 0 Å². The summed E-state index contributed by atoms with van der Waals surface area (Å²) in [6.07, 6.45) is 13.4. The van der Waals surface area contributed by atoms with Crippen molar-refractivity contribution in [3.8, 4) is 0 Å². The number of hydrogen-bond acceptors (Lipinski definition) is 5. The summed E-state index contributed by atoms with van der Waals surface area (Å²) >= 11 is 0. The van der Waals surface area contributed by atoms with Crippen LogP contribution in [0.3, 0.4) is 0 Å². The number of unbranched alkanes of at least 4 members (excludes halogenated alkanes) is 9. The number of phosphoric acid groups is 2. The second kappa shape index (κ2) is 15.2. The lowest BCUT2D eigenvalue weighted by Gasteiger charge is -2.17. The number of hydrogen-bond donors (Lipinski definition) is 3. The quantitative estimate of drug-likeness (QED) is 0.221. The van der Waals surface area contributed by atoms with E-state index in [1.54, 1.807) is 0 Å². The van der Waals surface area contributed by atoms with Gasteiger partial charge in [-0.15, -0.1) is 0 Å². The average Bonchev–Trinajstić information content (AvgIpc) is 2.51. The third kappa shape index (κ3) is 19.0. The summed E-state index contributed by atoms with van der Waals surface area (Å²) < 4.78 is 30.0. The van der Waals surface area contributed by atoms with E-state index in [0.29, 0.717) is 13.0 Å². The predicted molar refractivity (Wildman–Crippen MR) is 103 cm³/mol. The van der Waals surface area contributed by atoms with E-state index in [9.17, 15) is 9.13 Å². The van der Waals surface area contributed by atoms with Crippen LogP contribution in [-0.4, -0.2) is 46.3 Å². The van der Waals surface area contributed by atoms with Crippen molar-refractivity contribution < 1.29 is 32.6 Å². The normalized spacial score (nSPS) is 14.7. The molecule has 0 rings (SSSR count). The molecule has 0 spiro atoms. The third-order valence-corrected chi connectivity index (χ3v) is 6.23. The molecule has 0 aliphatic carbocycles. The number of nitrogens with zero attached hydrogens (tertiary/aromatic N) is 1. The lowest BCUT2D eigenvalue weighted by Crippen LogP contribution is -2.21. The average molecular weight is 417 g/mol. The molecule has 26 heavy (non-hydrogen) atoms. The van der Waals surface area contributed by atoms with E-state index in [1.807, 2.05) is 7.05 Å². The highest BCUT2D eigenvalue weighted by Gasteiger charge is 2.31. The van der Waals surface area contributed by atoms with Crippen LogP contribution < -0.4 is 0 Å². The van der Waals surface area contributed by atoms with E-state index in [1.165, 1.54) is 57.8 Å². The zero-order chi connectivity index (χ0) is 19.9. The lowest BCUT2D eigenvalue weighted by atomic mass is 10.1. The van der Waals surface area contributed by atoms with Crippen LogP contribution in [0.4, 0.5) is 0 Å². The fourth-order valence-electron chi connectivity index (χ4n) is 2.65. The van der Waals surface area contributed by atoms with Gasteiger partial charge in [-0.2, -0.15) is 4.31 Å². The molecule has 1 unspecified atom stereocenters. The molecule has 0 aliphatic rings. The van der Waals surface area contributed by atoms with Crippen LogP contribution in [0.5, 0.6) is 0 Å². The molecule has 0 fully saturated rings. The maximum absolute atomic E-state index is 11.3. The summed E-state index contributed by atoms with van der Waals surface area (Å²) in [7, 11) is -7.77. The summed E-state index contributed by atoms with van der Waals surface area (Å²) in [5, 5.41) is 0. The topological polar surface area (TPSA) is 117 Å². The van der Waals surface area contributed by atoms with Gasteiger partial charge < -0.3 is 19.6 Å². The summed E-state index contributed by atoms with van der Waals surface area (Å²) in [5.74, 6) is 0. The van der Waals surface area contributed by atoms with Gasteiger partial charge in [0.05, 0.1) is 6.61 Å². The molecule has 0 saturated heterocycles. The highest BCUT2D eigenvalue weighted by molar-refractivity contribution is 7.60. The Morgan fingerprint density at radius 2 is 1.23 bits per heavy atom. The summed E-state index contributed by atoms with van der Waals surface area (Å²) in [5.41, 5.74) is 0. The molecule has 1 atom stereocenters. The van der Waals surface area contributed by atoms with Gasteiger partial charge in [-0.25, -0.2) is 9.13 Å². The fraction of sp³-hybridized carbons (Fsp3) is 1.00. The maximum atomic E-state index is 11.3.